The van der Waals surface area contributed by atoms with E-state index >= 15 is 0 Å². The fourth-order valence-corrected chi connectivity index (χ4v) is 1.56. The van der Waals surface area contributed by atoms with Crippen molar-refractivity contribution in [2.45, 2.75) is 0 Å². The van der Waals surface area contributed by atoms with Crippen molar-refractivity contribution in [1.82, 2.24) is 25.0 Å². The number of aryl methyl sites for hydroxylation is 1. The third kappa shape index (κ3) is 1.28. The summed E-state index contributed by atoms with van der Waals surface area (Å²) in [5, 5.41) is 11.9. The minimum Gasteiger partial charge on any atom is -0.275 e. The molecule has 0 aliphatic heterocycles. The predicted octanol–water partition coefficient (Wildman–Crippen LogP) is 1.36. The molecule has 0 aliphatic carbocycles. The Hall–Kier alpha value is -2.17. The van der Waals surface area contributed by atoms with E-state index < -0.39 is 0 Å². The summed E-state index contributed by atoms with van der Waals surface area (Å²) >= 11 is 0. The molecular formula is C10H9N5. The van der Waals surface area contributed by atoms with E-state index in [1.165, 1.54) is 0 Å². The van der Waals surface area contributed by atoms with Gasteiger partial charge < -0.3 is 0 Å². The quantitative estimate of drug-likeness (QED) is 0.643. The van der Waals surface area contributed by atoms with Crippen LogP contribution in [0.3, 0.4) is 0 Å². The van der Waals surface area contributed by atoms with Crippen molar-refractivity contribution >= 4 is 11.0 Å². The Labute approximate surface area is 85.8 Å². The molecule has 0 atom stereocenters. The topological polar surface area (TPSA) is 59.4 Å². The summed E-state index contributed by atoms with van der Waals surface area (Å²) < 4.78 is 1.77. The van der Waals surface area contributed by atoms with Gasteiger partial charge in [-0.25, -0.2) is 4.98 Å². The van der Waals surface area contributed by atoms with Crippen molar-refractivity contribution in [3.8, 4) is 11.1 Å². The summed E-state index contributed by atoms with van der Waals surface area (Å²) in [6.07, 6.45) is 7.37. The lowest BCUT2D eigenvalue weighted by Gasteiger charge is -1.95. The standard InChI is InChI=1S/C10H9N5/c1-15-6-9(5-13-15)7-2-8-4-12-14-10(8)11-3-7/h2-6H,1H3,(H,11,12,14). The number of nitrogens with zero attached hydrogens (tertiary/aromatic N) is 4. The van der Waals surface area contributed by atoms with Gasteiger partial charge in [-0.3, -0.25) is 9.78 Å². The molecule has 0 saturated carbocycles. The molecule has 0 spiro atoms. The highest BCUT2D eigenvalue weighted by atomic mass is 15.2. The fourth-order valence-electron chi connectivity index (χ4n) is 1.56. The first-order chi connectivity index (χ1) is 7.33. The number of fused-ring (bicyclic) bond motifs is 1. The predicted molar refractivity (Wildman–Crippen MR) is 56.1 cm³/mol. The van der Waals surface area contributed by atoms with Gasteiger partial charge in [0.15, 0.2) is 5.65 Å². The molecule has 5 nitrogen and oxygen atoms in total. The smallest absolute Gasteiger partial charge is 0.155 e. The van der Waals surface area contributed by atoms with Crippen molar-refractivity contribution in [3.05, 3.63) is 30.9 Å². The molecule has 0 aromatic carbocycles. The van der Waals surface area contributed by atoms with Crippen LogP contribution in [-0.4, -0.2) is 25.0 Å². The lowest BCUT2D eigenvalue weighted by atomic mass is 10.1. The van der Waals surface area contributed by atoms with Gasteiger partial charge in [-0.1, -0.05) is 0 Å². The molecule has 15 heavy (non-hydrogen) atoms. The number of aromatic amines is 1. The van der Waals surface area contributed by atoms with E-state index in [1.54, 1.807) is 10.9 Å². The summed E-state index contributed by atoms with van der Waals surface area (Å²) in [5.41, 5.74) is 2.92. The van der Waals surface area contributed by atoms with Gasteiger partial charge in [-0.15, -0.1) is 0 Å². The van der Waals surface area contributed by atoms with Crippen LogP contribution >= 0.6 is 0 Å². The average Bonchev–Trinajstić information content (AvgIpc) is 2.84. The van der Waals surface area contributed by atoms with E-state index in [-0.39, 0.29) is 0 Å². The van der Waals surface area contributed by atoms with E-state index in [1.807, 2.05) is 31.7 Å². The highest BCUT2D eigenvalue weighted by Crippen LogP contribution is 2.20. The van der Waals surface area contributed by atoms with Crippen LogP contribution in [0.25, 0.3) is 22.2 Å². The maximum Gasteiger partial charge on any atom is 0.155 e. The first kappa shape index (κ1) is 8.16. The molecule has 5 heteroatoms. The van der Waals surface area contributed by atoms with E-state index in [2.05, 4.69) is 20.3 Å². The number of rotatable bonds is 1. The van der Waals surface area contributed by atoms with Gasteiger partial charge in [0, 0.05) is 36.0 Å². The Kier molecular flexibility index (Phi) is 1.58. The minimum absolute atomic E-state index is 0.808. The zero-order chi connectivity index (χ0) is 10.3. The highest BCUT2D eigenvalue weighted by molar-refractivity contribution is 5.79. The van der Waals surface area contributed by atoms with Crippen LogP contribution in [0, 0.1) is 0 Å². The average molecular weight is 199 g/mol. The second-order valence-electron chi connectivity index (χ2n) is 3.43. The van der Waals surface area contributed by atoms with Gasteiger partial charge >= 0.3 is 0 Å². The van der Waals surface area contributed by atoms with Crippen molar-refractivity contribution in [1.29, 1.82) is 0 Å². The highest BCUT2D eigenvalue weighted by Gasteiger charge is 2.03. The summed E-state index contributed by atoms with van der Waals surface area (Å²) in [6.45, 7) is 0. The van der Waals surface area contributed by atoms with Crippen molar-refractivity contribution in [3.63, 3.8) is 0 Å². The maximum absolute atomic E-state index is 4.27. The normalized spacial score (nSPS) is 11.0. The molecule has 3 aromatic rings. The van der Waals surface area contributed by atoms with Gasteiger partial charge in [0.2, 0.25) is 0 Å². The molecule has 1 N–H and O–H groups in total. The Morgan fingerprint density at radius 2 is 2.13 bits per heavy atom. The second kappa shape index (κ2) is 2.91. The Morgan fingerprint density at radius 1 is 1.20 bits per heavy atom. The second-order valence-corrected chi connectivity index (χ2v) is 3.43. The van der Waals surface area contributed by atoms with Crippen LogP contribution in [0.1, 0.15) is 0 Å². The number of hydrogen-bond donors (Lipinski definition) is 1. The maximum atomic E-state index is 4.27. The molecular weight excluding hydrogens is 190 g/mol. The SMILES string of the molecule is Cn1cc(-c2cnc3[nH]ncc3c2)cn1. The molecule has 3 rings (SSSR count). The van der Waals surface area contributed by atoms with E-state index in [0.717, 1.165) is 22.2 Å². The Bertz CT molecular complexity index is 607. The van der Waals surface area contributed by atoms with Crippen molar-refractivity contribution < 1.29 is 0 Å². The molecule has 0 fully saturated rings. The van der Waals surface area contributed by atoms with Gasteiger partial charge in [0.25, 0.3) is 0 Å². The monoisotopic (exact) mass is 199 g/mol. The van der Waals surface area contributed by atoms with E-state index in [0.29, 0.717) is 0 Å². The summed E-state index contributed by atoms with van der Waals surface area (Å²) in [5.74, 6) is 0. The van der Waals surface area contributed by atoms with E-state index in [4.69, 9.17) is 0 Å². The van der Waals surface area contributed by atoms with Gasteiger partial charge in [-0.2, -0.15) is 10.2 Å². The number of aromatic nitrogens is 5. The molecule has 0 saturated heterocycles. The Balaban J connectivity index is 2.18. The van der Waals surface area contributed by atoms with E-state index in [9.17, 15) is 0 Å². The first-order valence-corrected chi connectivity index (χ1v) is 4.61. The first-order valence-electron chi connectivity index (χ1n) is 4.61. The van der Waals surface area contributed by atoms with Crippen LogP contribution in [0.4, 0.5) is 0 Å². The zero-order valence-corrected chi connectivity index (χ0v) is 8.18. The van der Waals surface area contributed by atoms with Crippen molar-refractivity contribution in [2.75, 3.05) is 0 Å². The number of hydrogen-bond acceptors (Lipinski definition) is 3. The van der Waals surface area contributed by atoms with Crippen LogP contribution in [-0.2, 0) is 7.05 Å². The van der Waals surface area contributed by atoms with Gasteiger partial charge in [-0.05, 0) is 6.07 Å². The number of H-pyrrole nitrogens is 1. The van der Waals surface area contributed by atoms with Crippen LogP contribution in [0.5, 0.6) is 0 Å². The largest absolute Gasteiger partial charge is 0.275 e. The minimum atomic E-state index is 0.808. The van der Waals surface area contributed by atoms with Crippen LogP contribution < -0.4 is 0 Å². The lowest BCUT2D eigenvalue weighted by molar-refractivity contribution is 0.768. The third-order valence-electron chi connectivity index (χ3n) is 2.33. The summed E-state index contributed by atoms with van der Waals surface area (Å²) in [6, 6.07) is 2.04. The molecule has 0 aliphatic rings. The zero-order valence-electron chi connectivity index (χ0n) is 8.18. The molecule has 0 amide bonds. The fraction of sp³-hybridized carbons (Fsp3) is 0.100. The molecule has 3 heterocycles. The van der Waals surface area contributed by atoms with Gasteiger partial charge in [0.05, 0.1) is 12.4 Å². The summed E-state index contributed by atoms with van der Waals surface area (Å²) in [4.78, 5) is 4.27. The number of nitrogens with one attached hydrogen (secondary N) is 1. The molecule has 74 valence electrons. The summed E-state index contributed by atoms with van der Waals surface area (Å²) in [7, 11) is 1.90. The molecule has 0 unspecified atom stereocenters. The molecule has 0 radical (unpaired) electrons. The molecule has 0 bridgehead atoms. The third-order valence-corrected chi connectivity index (χ3v) is 2.33. The Morgan fingerprint density at radius 3 is 2.93 bits per heavy atom. The van der Waals surface area contributed by atoms with Crippen LogP contribution in [0.2, 0.25) is 0 Å². The van der Waals surface area contributed by atoms with Crippen LogP contribution in [0.15, 0.2) is 30.9 Å². The van der Waals surface area contributed by atoms with Gasteiger partial charge in [0.1, 0.15) is 0 Å². The van der Waals surface area contributed by atoms with Crippen molar-refractivity contribution in [2.24, 2.45) is 7.05 Å². The molecule has 3 aromatic heterocycles. The number of pyridine rings is 1. The lowest BCUT2D eigenvalue weighted by Crippen LogP contribution is -1.84.